The van der Waals surface area contributed by atoms with Crippen LogP contribution in [0.2, 0.25) is 0 Å². The van der Waals surface area contributed by atoms with E-state index in [0.29, 0.717) is 24.3 Å². The van der Waals surface area contributed by atoms with Crippen molar-refractivity contribution in [1.29, 1.82) is 0 Å². The van der Waals surface area contributed by atoms with Crippen LogP contribution in [0.25, 0.3) is 0 Å². The molecule has 0 aliphatic carbocycles. The van der Waals surface area contributed by atoms with Crippen LogP contribution in [0, 0.1) is 6.92 Å². The number of urea groups is 1. The summed E-state index contributed by atoms with van der Waals surface area (Å²) >= 11 is 0. The molecule has 1 saturated heterocycles. The van der Waals surface area contributed by atoms with E-state index in [4.69, 9.17) is 0 Å². The van der Waals surface area contributed by atoms with Crippen molar-refractivity contribution < 1.29 is 9.59 Å². The average Bonchev–Trinajstić information content (AvgIpc) is 3.08. The first kappa shape index (κ1) is 13.2. The number of nitrogens with one attached hydrogen (secondary N) is 3. The highest BCUT2D eigenvalue weighted by molar-refractivity contribution is 6.05. The van der Waals surface area contributed by atoms with E-state index in [9.17, 15) is 9.59 Å². The minimum atomic E-state index is -0.215. The van der Waals surface area contributed by atoms with Crippen molar-refractivity contribution in [3.05, 3.63) is 41.7 Å². The van der Waals surface area contributed by atoms with E-state index >= 15 is 0 Å². The Balaban J connectivity index is 1.71. The summed E-state index contributed by atoms with van der Waals surface area (Å²) in [6, 6.07) is 7.06. The van der Waals surface area contributed by atoms with Crippen molar-refractivity contribution in [2.45, 2.75) is 6.92 Å². The lowest BCUT2D eigenvalue weighted by molar-refractivity contribution is 0.102. The summed E-state index contributed by atoms with van der Waals surface area (Å²) in [5.41, 5.74) is 2.71. The highest BCUT2D eigenvalue weighted by atomic mass is 16.2. The molecule has 108 valence electrons. The first-order chi connectivity index (χ1) is 10.1. The molecule has 0 atom stereocenters. The summed E-state index contributed by atoms with van der Waals surface area (Å²) in [6.07, 6.45) is 1.49. The number of nitrogens with zero attached hydrogens (tertiary/aromatic N) is 2. The summed E-state index contributed by atoms with van der Waals surface area (Å²) in [5.74, 6) is -0.215. The summed E-state index contributed by atoms with van der Waals surface area (Å²) < 4.78 is 0. The Morgan fingerprint density at radius 3 is 2.67 bits per heavy atom. The van der Waals surface area contributed by atoms with Crippen LogP contribution in [0.15, 0.2) is 30.5 Å². The molecule has 2 heterocycles. The van der Waals surface area contributed by atoms with Crippen LogP contribution in [0.4, 0.5) is 16.2 Å². The third kappa shape index (κ3) is 2.58. The molecule has 0 bridgehead atoms. The molecule has 0 radical (unpaired) electrons. The molecule has 1 aromatic carbocycles. The van der Waals surface area contributed by atoms with Crippen molar-refractivity contribution in [2.24, 2.45) is 0 Å². The molecule has 3 N–H and O–H groups in total. The molecule has 3 rings (SSSR count). The number of hydrogen-bond donors (Lipinski definition) is 3. The molecule has 1 aliphatic heterocycles. The maximum absolute atomic E-state index is 12.0. The van der Waals surface area contributed by atoms with Gasteiger partial charge in [0.15, 0.2) is 0 Å². The first-order valence-corrected chi connectivity index (χ1v) is 6.62. The molecule has 0 spiro atoms. The third-order valence-electron chi connectivity index (χ3n) is 3.37. The second-order valence-corrected chi connectivity index (χ2v) is 4.79. The molecular weight excluding hydrogens is 270 g/mol. The van der Waals surface area contributed by atoms with E-state index in [1.807, 2.05) is 12.1 Å². The van der Waals surface area contributed by atoms with Gasteiger partial charge in [-0.15, -0.1) is 0 Å². The minimum Gasteiger partial charge on any atom is -0.336 e. The Labute approximate surface area is 121 Å². The summed E-state index contributed by atoms with van der Waals surface area (Å²) in [4.78, 5) is 25.3. The third-order valence-corrected chi connectivity index (χ3v) is 3.37. The van der Waals surface area contributed by atoms with Crippen molar-refractivity contribution in [2.75, 3.05) is 23.3 Å². The zero-order valence-electron chi connectivity index (χ0n) is 11.5. The van der Waals surface area contributed by atoms with Gasteiger partial charge in [0.1, 0.15) is 0 Å². The van der Waals surface area contributed by atoms with E-state index in [1.165, 1.54) is 6.20 Å². The first-order valence-electron chi connectivity index (χ1n) is 6.62. The summed E-state index contributed by atoms with van der Waals surface area (Å²) in [7, 11) is 0. The highest BCUT2D eigenvalue weighted by Crippen LogP contribution is 2.20. The van der Waals surface area contributed by atoms with Gasteiger partial charge in [-0.2, -0.15) is 5.10 Å². The largest absolute Gasteiger partial charge is 0.336 e. The Bertz CT molecular complexity index is 677. The van der Waals surface area contributed by atoms with Crippen molar-refractivity contribution >= 4 is 23.3 Å². The maximum atomic E-state index is 12.0. The van der Waals surface area contributed by atoms with Gasteiger partial charge in [-0.1, -0.05) is 0 Å². The zero-order chi connectivity index (χ0) is 14.8. The smallest absolute Gasteiger partial charge is 0.321 e. The molecule has 2 aromatic rings. The van der Waals surface area contributed by atoms with Gasteiger partial charge in [0, 0.05) is 30.2 Å². The Kier molecular flexibility index (Phi) is 3.31. The van der Waals surface area contributed by atoms with Gasteiger partial charge in [-0.3, -0.25) is 14.8 Å². The van der Waals surface area contributed by atoms with Crippen LogP contribution in [0.5, 0.6) is 0 Å². The van der Waals surface area contributed by atoms with Gasteiger partial charge in [0.05, 0.1) is 11.8 Å². The lowest BCUT2D eigenvalue weighted by atomic mass is 10.2. The minimum absolute atomic E-state index is 0.0965. The molecule has 21 heavy (non-hydrogen) atoms. The molecule has 0 unspecified atom stereocenters. The lowest BCUT2D eigenvalue weighted by Gasteiger charge is -2.14. The Hall–Kier alpha value is -2.83. The van der Waals surface area contributed by atoms with Crippen LogP contribution >= 0.6 is 0 Å². The second kappa shape index (κ2) is 5.28. The van der Waals surface area contributed by atoms with Crippen molar-refractivity contribution in [3.63, 3.8) is 0 Å². The normalized spacial score (nSPS) is 14.1. The van der Waals surface area contributed by atoms with E-state index in [0.717, 1.165) is 11.4 Å². The van der Waals surface area contributed by atoms with E-state index in [1.54, 1.807) is 24.0 Å². The molecule has 1 fully saturated rings. The standard InChI is InChI=1S/C14H15N5O2/c1-9-12(8-16-18-9)13(20)17-10-2-4-11(5-3-10)19-7-6-15-14(19)21/h2-5,8H,6-7H2,1H3,(H,15,21)(H,16,18)(H,17,20). The molecule has 0 saturated carbocycles. The molecule has 1 aliphatic rings. The van der Waals surface area contributed by atoms with E-state index in [-0.39, 0.29) is 11.9 Å². The van der Waals surface area contributed by atoms with Gasteiger partial charge in [-0.05, 0) is 31.2 Å². The maximum Gasteiger partial charge on any atom is 0.321 e. The van der Waals surface area contributed by atoms with Crippen molar-refractivity contribution in [1.82, 2.24) is 15.5 Å². The number of carbonyl (C=O) groups excluding carboxylic acids is 2. The fourth-order valence-electron chi connectivity index (χ4n) is 2.22. The van der Waals surface area contributed by atoms with Gasteiger partial charge < -0.3 is 10.6 Å². The fourth-order valence-corrected chi connectivity index (χ4v) is 2.22. The summed E-state index contributed by atoms with van der Waals surface area (Å²) in [5, 5.41) is 12.1. The lowest BCUT2D eigenvalue weighted by Crippen LogP contribution is -2.27. The van der Waals surface area contributed by atoms with E-state index < -0.39 is 0 Å². The van der Waals surface area contributed by atoms with Gasteiger partial charge in [0.25, 0.3) is 5.91 Å². The number of aryl methyl sites for hydroxylation is 1. The van der Waals surface area contributed by atoms with Crippen molar-refractivity contribution in [3.8, 4) is 0 Å². The zero-order valence-corrected chi connectivity index (χ0v) is 11.5. The highest BCUT2D eigenvalue weighted by Gasteiger charge is 2.20. The van der Waals surface area contributed by atoms with Crippen LogP contribution in [0.3, 0.4) is 0 Å². The van der Waals surface area contributed by atoms with E-state index in [2.05, 4.69) is 20.8 Å². The van der Waals surface area contributed by atoms with Gasteiger partial charge in [0.2, 0.25) is 0 Å². The number of rotatable bonds is 3. The molecule has 3 amide bonds. The Morgan fingerprint density at radius 1 is 1.33 bits per heavy atom. The fraction of sp³-hybridized carbons (Fsp3) is 0.214. The SMILES string of the molecule is Cc1[nH]ncc1C(=O)Nc1ccc(N2CCNC2=O)cc1. The number of amides is 3. The van der Waals surface area contributed by atoms with Gasteiger partial charge >= 0.3 is 6.03 Å². The van der Waals surface area contributed by atoms with Gasteiger partial charge in [-0.25, -0.2) is 4.79 Å². The molecule has 7 nitrogen and oxygen atoms in total. The van der Waals surface area contributed by atoms with Crippen LogP contribution in [0.1, 0.15) is 16.1 Å². The number of carbonyl (C=O) groups is 2. The second-order valence-electron chi connectivity index (χ2n) is 4.79. The number of benzene rings is 1. The number of anilines is 2. The van der Waals surface area contributed by atoms with Crippen LogP contribution in [-0.2, 0) is 0 Å². The quantitative estimate of drug-likeness (QED) is 0.798. The van der Waals surface area contributed by atoms with Crippen LogP contribution < -0.4 is 15.5 Å². The topological polar surface area (TPSA) is 90.1 Å². The van der Waals surface area contributed by atoms with Crippen LogP contribution in [-0.4, -0.2) is 35.2 Å². The average molecular weight is 285 g/mol. The predicted molar refractivity (Wildman–Crippen MR) is 78.5 cm³/mol. The predicted octanol–water partition coefficient (Wildman–Crippen LogP) is 1.50. The number of aromatic nitrogens is 2. The summed E-state index contributed by atoms with van der Waals surface area (Å²) in [6.45, 7) is 3.09. The molecular formula is C14H15N5O2. The Morgan fingerprint density at radius 2 is 2.10 bits per heavy atom. The molecule has 7 heteroatoms. The number of hydrogen-bond acceptors (Lipinski definition) is 3. The monoisotopic (exact) mass is 285 g/mol. The number of H-pyrrole nitrogens is 1. The number of aromatic amines is 1. The molecule has 1 aromatic heterocycles.